The lowest BCUT2D eigenvalue weighted by Crippen LogP contribution is -2.37. The molecule has 3 heteroatoms. The molecule has 0 spiro atoms. The summed E-state index contributed by atoms with van der Waals surface area (Å²) in [7, 11) is 1.63. The Hall–Kier alpha value is -2.65. The number of carbonyl (C=O) groups excluding carboxylic acids is 1. The van der Waals surface area contributed by atoms with E-state index < -0.39 is 0 Å². The van der Waals surface area contributed by atoms with Crippen molar-refractivity contribution in [3.05, 3.63) is 86.2 Å². The van der Waals surface area contributed by atoms with E-state index in [0.29, 0.717) is 11.3 Å². The van der Waals surface area contributed by atoms with Crippen molar-refractivity contribution in [3.8, 4) is 16.9 Å². The molecule has 3 aromatic rings. The summed E-state index contributed by atoms with van der Waals surface area (Å²) in [5.74, 6) is 0.730. The molecule has 2 aliphatic carbocycles. The molecule has 0 bridgehead atoms. The lowest BCUT2D eigenvalue weighted by molar-refractivity contribution is 0.0945. The molecule has 3 aromatic carbocycles. The molecule has 0 saturated carbocycles. The highest BCUT2D eigenvalue weighted by Gasteiger charge is 2.24. The van der Waals surface area contributed by atoms with E-state index in [2.05, 4.69) is 64.5 Å². The van der Waals surface area contributed by atoms with Crippen molar-refractivity contribution in [1.82, 2.24) is 0 Å². The lowest BCUT2D eigenvalue weighted by atomic mass is 9.82. The third-order valence-electron chi connectivity index (χ3n) is 6.08. The molecule has 1 unspecified atom stereocenters. The first-order valence-electron chi connectivity index (χ1n) is 9.95. The van der Waals surface area contributed by atoms with Crippen LogP contribution in [0.3, 0.4) is 0 Å². The van der Waals surface area contributed by atoms with E-state index in [4.69, 9.17) is 4.74 Å². The van der Waals surface area contributed by atoms with Crippen LogP contribution in [-0.4, -0.2) is 12.9 Å². The van der Waals surface area contributed by atoms with E-state index in [9.17, 15) is 4.79 Å². The van der Waals surface area contributed by atoms with Gasteiger partial charge in [0, 0.05) is 16.0 Å². The Labute approximate surface area is 178 Å². The number of aryl methyl sites for hydroxylation is 1. The third kappa shape index (κ3) is 3.14. The molecular formula is C26H21BrO2. The highest BCUT2D eigenvalue weighted by Crippen LogP contribution is 2.29. The molecule has 0 fully saturated rings. The fraction of sp³-hybridized carbons (Fsp3) is 0.192. The number of halogens is 1. The standard InChI is InChI=1S/C26H21BrO2/c1-29-19-10-13-25(27)24(15-19)26(28)18-7-6-17-9-11-21-20-5-3-2-4-16(20)8-12-22(21)23(17)14-18/h2-5,9-15,18H,6-8H2,1H3. The Morgan fingerprint density at radius 2 is 1.86 bits per heavy atom. The molecule has 0 aromatic heterocycles. The van der Waals surface area contributed by atoms with Crippen molar-refractivity contribution in [2.45, 2.75) is 19.3 Å². The third-order valence-corrected chi connectivity index (χ3v) is 6.77. The van der Waals surface area contributed by atoms with Crippen LogP contribution >= 0.6 is 15.9 Å². The summed E-state index contributed by atoms with van der Waals surface area (Å²) in [5.41, 5.74) is 5.98. The molecule has 0 saturated heterocycles. The normalized spacial score (nSPS) is 16.6. The van der Waals surface area contributed by atoms with E-state index in [1.807, 2.05) is 18.2 Å². The molecule has 144 valence electrons. The topological polar surface area (TPSA) is 26.3 Å². The minimum atomic E-state index is -0.122. The first kappa shape index (κ1) is 18.4. The number of fused-ring (bicyclic) bond motifs is 5. The van der Waals surface area contributed by atoms with Crippen molar-refractivity contribution in [3.63, 3.8) is 0 Å². The van der Waals surface area contributed by atoms with Crippen molar-refractivity contribution in [2.75, 3.05) is 7.11 Å². The first-order valence-corrected chi connectivity index (χ1v) is 10.7. The predicted molar refractivity (Wildman–Crippen MR) is 121 cm³/mol. The second-order valence-electron chi connectivity index (χ2n) is 7.69. The number of hydrogen-bond acceptors (Lipinski definition) is 2. The van der Waals surface area contributed by atoms with Gasteiger partial charge in [0.1, 0.15) is 5.75 Å². The lowest BCUT2D eigenvalue weighted by Gasteiger charge is -2.22. The fourth-order valence-corrected chi connectivity index (χ4v) is 4.99. The van der Waals surface area contributed by atoms with E-state index in [0.717, 1.165) is 23.7 Å². The molecule has 29 heavy (non-hydrogen) atoms. The van der Waals surface area contributed by atoms with Crippen LogP contribution in [0.5, 0.6) is 5.75 Å². The second-order valence-corrected chi connectivity index (χ2v) is 8.54. The van der Waals surface area contributed by atoms with Crippen LogP contribution in [0.2, 0.25) is 0 Å². The number of ketones is 1. The Balaban J connectivity index is 1.62. The average molecular weight is 445 g/mol. The maximum absolute atomic E-state index is 13.3. The van der Waals surface area contributed by atoms with Gasteiger partial charge in [0.15, 0.2) is 5.78 Å². The van der Waals surface area contributed by atoms with Gasteiger partial charge in [-0.25, -0.2) is 0 Å². The maximum atomic E-state index is 13.3. The second kappa shape index (κ2) is 7.31. The summed E-state index contributed by atoms with van der Waals surface area (Å²) in [6, 6.07) is 18.7. The number of hydrogen-bond donors (Lipinski definition) is 0. The monoisotopic (exact) mass is 444 g/mol. The average Bonchev–Trinajstić information content (AvgIpc) is 2.78. The van der Waals surface area contributed by atoms with Crippen LogP contribution in [0, 0.1) is 5.92 Å². The van der Waals surface area contributed by atoms with Crippen molar-refractivity contribution in [2.24, 2.45) is 5.92 Å². The van der Waals surface area contributed by atoms with Crippen LogP contribution in [0.15, 0.2) is 59.1 Å². The molecule has 5 rings (SSSR count). The summed E-state index contributed by atoms with van der Waals surface area (Å²) in [4.78, 5) is 13.3. The minimum Gasteiger partial charge on any atom is -0.497 e. The summed E-state index contributed by atoms with van der Waals surface area (Å²) in [6.07, 6.45) is 7.21. The SMILES string of the molecule is COc1ccc(Br)c(C(=O)C2C=c3c(ccc4c3=CCc3ccccc3-4)CC2)c1. The summed E-state index contributed by atoms with van der Waals surface area (Å²) in [6.45, 7) is 0. The molecule has 0 heterocycles. The van der Waals surface area contributed by atoms with Gasteiger partial charge < -0.3 is 4.74 Å². The van der Waals surface area contributed by atoms with Gasteiger partial charge in [0.05, 0.1) is 7.11 Å². The molecule has 0 amide bonds. The zero-order valence-corrected chi connectivity index (χ0v) is 17.8. The van der Waals surface area contributed by atoms with Gasteiger partial charge >= 0.3 is 0 Å². The van der Waals surface area contributed by atoms with Crippen LogP contribution in [0.25, 0.3) is 23.3 Å². The highest BCUT2D eigenvalue weighted by molar-refractivity contribution is 9.10. The van der Waals surface area contributed by atoms with E-state index in [-0.39, 0.29) is 11.7 Å². The van der Waals surface area contributed by atoms with Gasteiger partial charge in [-0.3, -0.25) is 4.79 Å². The van der Waals surface area contributed by atoms with E-state index in [1.54, 1.807) is 7.11 Å². The maximum Gasteiger partial charge on any atom is 0.171 e. The van der Waals surface area contributed by atoms with E-state index in [1.165, 1.54) is 32.7 Å². The molecule has 2 aliphatic rings. The highest BCUT2D eigenvalue weighted by atomic mass is 79.9. The number of rotatable bonds is 3. The van der Waals surface area contributed by atoms with Gasteiger partial charge in [-0.2, -0.15) is 0 Å². The smallest absolute Gasteiger partial charge is 0.171 e. The number of ether oxygens (including phenoxy) is 1. The minimum absolute atomic E-state index is 0.122. The molecule has 0 radical (unpaired) electrons. The number of benzene rings is 3. The zero-order chi connectivity index (χ0) is 20.0. The molecular weight excluding hydrogens is 424 g/mol. The largest absolute Gasteiger partial charge is 0.497 e. The van der Waals surface area contributed by atoms with Crippen LogP contribution in [-0.2, 0) is 12.8 Å². The van der Waals surface area contributed by atoms with Crippen LogP contribution < -0.4 is 15.2 Å². The number of methoxy groups -OCH3 is 1. The summed E-state index contributed by atoms with van der Waals surface area (Å²) >= 11 is 3.54. The zero-order valence-electron chi connectivity index (χ0n) is 16.2. The van der Waals surface area contributed by atoms with Crippen molar-refractivity contribution >= 4 is 33.9 Å². The van der Waals surface area contributed by atoms with Crippen molar-refractivity contribution in [1.29, 1.82) is 0 Å². The number of Topliss-reactive ketones (excluding diaryl/α,β-unsaturated/α-hetero) is 1. The molecule has 0 aliphatic heterocycles. The van der Waals surface area contributed by atoms with Gasteiger partial charge in [-0.15, -0.1) is 0 Å². The Morgan fingerprint density at radius 1 is 1.00 bits per heavy atom. The molecule has 1 atom stereocenters. The first-order chi connectivity index (χ1) is 14.2. The Kier molecular flexibility index (Phi) is 4.63. The summed E-state index contributed by atoms with van der Waals surface area (Å²) in [5, 5.41) is 2.52. The molecule has 0 N–H and O–H groups in total. The summed E-state index contributed by atoms with van der Waals surface area (Å²) < 4.78 is 6.14. The quantitative estimate of drug-likeness (QED) is 0.547. The Morgan fingerprint density at radius 3 is 2.72 bits per heavy atom. The van der Waals surface area contributed by atoms with Gasteiger partial charge in [-0.05, 0) is 70.2 Å². The Bertz CT molecular complexity index is 1260. The fourth-order valence-electron chi connectivity index (χ4n) is 4.55. The van der Waals surface area contributed by atoms with E-state index >= 15 is 0 Å². The van der Waals surface area contributed by atoms with Gasteiger partial charge in [-0.1, -0.05) is 64.5 Å². The van der Waals surface area contributed by atoms with Crippen LogP contribution in [0.1, 0.15) is 27.9 Å². The van der Waals surface area contributed by atoms with Gasteiger partial charge in [0.2, 0.25) is 0 Å². The van der Waals surface area contributed by atoms with Crippen molar-refractivity contribution < 1.29 is 9.53 Å². The van der Waals surface area contributed by atoms with Gasteiger partial charge in [0.25, 0.3) is 0 Å². The van der Waals surface area contributed by atoms with Crippen LogP contribution in [0.4, 0.5) is 0 Å². The predicted octanol–water partition coefficient (Wildman–Crippen LogP) is 4.69. The number of carbonyl (C=O) groups is 1. The molecule has 2 nitrogen and oxygen atoms in total.